The van der Waals surface area contributed by atoms with Crippen LogP contribution in [-0.4, -0.2) is 6.29 Å². The van der Waals surface area contributed by atoms with Crippen LogP contribution in [0.2, 0.25) is 0 Å². The lowest BCUT2D eigenvalue weighted by molar-refractivity contribution is -0.104. The van der Waals surface area contributed by atoms with E-state index in [0.29, 0.717) is 11.9 Å². The molecule has 0 fully saturated rings. The molecule has 0 aromatic rings. The Balaban J connectivity index is 3.11. The van der Waals surface area contributed by atoms with Crippen molar-refractivity contribution in [2.75, 3.05) is 0 Å². The monoisotopic (exact) mass is 287 g/mol. The molecule has 21 heavy (non-hydrogen) atoms. The number of hydrogen-bond acceptors (Lipinski definition) is 1. The molecule has 1 nitrogen and oxygen atoms in total. The Bertz CT molecular complexity index is 611. The lowest BCUT2D eigenvalue weighted by Crippen LogP contribution is -2.19. The van der Waals surface area contributed by atoms with E-state index in [-0.39, 0.29) is 5.41 Å². The van der Waals surface area contributed by atoms with Gasteiger partial charge >= 0.3 is 0 Å². The second kappa shape index (κ2) is 7.97. The number of hydrogen-bond donors (Lipinski definition) is 0. The molecular formula is C20H28O. The molecule has 1 heteroatoms. The summed E-state index contributed by atoms with van der Waals surface area (Å²) in [5.41, 5.74) is 3.73. The zero-order valence-corrected chi connectivity index (χ0v) is 13.6. The molecule has 0 aromatic heterocycles. The Kier molecular flexibility index (Phi) is 4.96. The molecule has 0 aromatic carbocycles. The normalized spacial score (nSPS) is 23.3. The molecule has 0 aliphatic heterocycles. The highest BCUT2D eigenvalue weighted by molar-refractivity contribution is 5.66. The molecule has 1 rings (SSSR count). The zero-order valence-electron chi connectivity index (χ0n) is 16.6. The summed E-state index contributed by atoms with van der Waals surface area (Å²) in [6, 6.07) is 0. The summed E-state index contributed by atoms with van der Waals surface area (Å²) in [7, 11) is 0. The summed E-state index contributed by atoms with van der Waals surface area (Å²) in [6.45, 7) is 6.18. The Morgan fingerprint density at radius 1 is 1.24 bits per heavy atom. The van der Waals surface area contributed by atoms with E-state index < -0.39 is 6.85 Å². The molecule has 0 amide bonds. The fraction of sp³-hybridized carbons (Fsp3) is 0.450. The minimum Gasteiger partial charge on any atom is -0.299 e. The van der Waals surface area contributed by atoms with Crippen LogP contribution >= 0.6 is 0 Å². The summed E-state index contributed by atoms with van der Waals surface area (Å²) in [5, 5.41) is 0. The summed E-state index contributed by atoms with van der Waals surface area (Å²) >= 11 is 0. The number of rotatable bonds is 5. The van der Waals surface area contributed by atoms with Crippen LogP contribution in [-0.2, 0) is 4.79 Å². The first kappa shape index (κ1) is 13.1. The Labute approximate surface area is 134 Å². The fourth-order valence-corrected chi connectivity index (χ4v) is 2.71. The van der Waals surface area contributed by atoms with Crippen molar-refractivity contribution >= 4 is 6.29 Å². The third kappa shape index (κ3) is 5.71. The highest BCUT2D eigenvalue weighted by Crippen LogP contribution is 2.40. The molecule has 0 atom stereocenters. The van der Waals surface area contributed by atoms with Crippen molar-refractivity contribution in [2.24, 2.45) is 5.41 Å². The second-order valence-corrected chi connectivity index (χ2v) is 6.29. The standard InChI is InChI=1S/C20H28O/c1-16(8-6-9-17(2)13-15-21)11-12-19-18(3)10-7-14-20(19,4)5/h6,8-9,11-13,15H,7,10,14H2,1-5H3/b9-6-,12-11+,16-8+,17-13+/i1D3. The van der Waals surface area contributed by atoms with Crippen molar-refractivity contribution in [3.8, 4) is 0 Å². The van der Waals surface area contributed by atoms with Gasteiger partial charge in [-0.3, -0.25) is 4.79 Å². The van der Waals surface area contributed by atoms with E-state index in [1.807, 2.05) is 6.08 Å². The number of aldehydes is 1. The average Bonchev–Trinajstić information content (AvgIpc) is 2.43. The van der Waals surface area contributed by atoms with Crippen LogP contribution in [0.1, 0.15) is 57.9 Å². The summed E-state index contributed by atoms with van der Waals surface area (Å²) in [6.07, 6.45) is 14.2. The molecule has 1 aliphatic rings. The fourth-order valence-electron chi connectivity index (χ4n) is 2.71. The van der Waals surface area contributed by atoms with Crippen LogP contribution in [0, 0.1) is 5.41 Å². The number of allylic oxidation sites excluding steroid dienone is 10. The summed E-state index contributed by atoms with van der Waals surface area (Å²) in [5.74, 6) is 0. The molecular weight excluding hydrogens is 256 g/mol. The van der Waals surface area contributed by atoms with Gasteiger partial charge in [0.25, 0.3) is 0 Å². The van der Waals surface area contributed by atoms with E-state index in [9.17, 15) is 4.79 Å². The van der Waals surface area contributed by atoms with E-state index in [0.717, 1.165) is 18.4 Å². The van der Waals surface area contributed by atoms with Gasteiger partial charge in [-0.1, -0.05) is 55.4 Å². The van der Waals surface area contributed by atoms with E-state index in [4.69, 9.17) is 4.11 Å². The van der Waals surface area contributed by atoms with E-state index in [1.54, 1.807) is 31.2 Å². The average molecular weight is 287 g/mol. The number of carbonyl (C=O) groups is 1. The molecule has 0 saturated carbocycles. The van der Waals surface area contributed by atoms with E-state index in [2.05, 4.69) is 20.8 Å². The Morgan fingerprint density at radius 2 is 2.00 bits per heavy atom. The lowest BCUT2D eigenvalue weighted by Gasteiger charge is -2.32. The van der Waals surface area contributed by atoms with E-state index >= 15 is 0 Å². The molecule has 0 heterocycles. The van der Waals surface area contributed by atoms with Crippen LogP contribution in [0.15, 0.2) is 58.7 Å². The first-order valence-corrected chi connectivity index (χ1v) is 7.47. The topological polar surface area (TPSA) is 17.1 Å². The maximum atomic E-state index is 10.4. The highest BCUT2D eigenvalue weighted by Gasteiger charge is 2.26. The minimum absolute atomic E-state index is 0.0812. The Hall–Kier alpha value is -1.63. The van der Waals surface area contributed by atoms with Crippen molar-refractivity contribution in [1.29, 1.82) is 0 Å². The SMILES string of the molecule is [2H]C([2H])([2H])C(/C=C/C1=C(C)CCCC1(C)C)=C\C=C/C(C)=C/C=O. The predicted octanol–water partition coefficient (Wildman–Crippen LogP) is 5.72. The van der Waals surface area contributed by atoms with Crippen molar-refractivity contribution in [2.45, 2.75) is 53.8 Å². The third-order valence-electron chi connectivity index (χ3n) is 3.94. The highest BCUT2D eigenvalue weighted by atomic mass is 16.1. The zero-order chi connectivity index (χ0) is 18.4. The molecule has 0 saturated heterocycles. The second-order valence-electron chi connectivity index (χ2n) is 6.29. The maximum Gasteiger partial charge on any atom is 0.143 e. The van der Waals surface area contributed by atoms with Gasteiger partial charge in [-0.05, 0) is 62.6 Å². The molecule has 0 radical (unpaired) electrons. The van der Waals surface area contributed by atoms with Gasteiger partial charge in [0.15, 0.2) is 0 Å². The predicted molar refractivity (Wildman–Crippen MR) is 92.2 cm³/mol. The minimum atomic E-state index is -2.17. The van der Waals surface area contributed by atoms with Crippen LogP contribution in [0.3, 0.4) is 0 Å². The lowest BCUT2D eigenvalue weighted by atomic mass is 9.72. The maximum absolute atomic E-state index is 10.4. The van der Waals surface area contributed by atoms with Gasteiger partial charge < -0.3 is 0 Å². The summed E-state index contributed by atoms with van der Waals surface area (Å²) in [4.78, 5) is 10.4. The van der Waals surface area contributed by atoms with Gasteiger partial charge in [-0.2, -0.15) is 0 Å². The molecule has 0 bridgehead atoms. The quantitative estimate of drug-likeness (QED) is 0.359. The molecule has 0 unspecified atom stereocenters. The van der Waals surface area contributed by atoms with Crippen LogP contribution < -0.4 is 0 Å². The van der Waals surface area contributed by atoms with Crippen molar-refractivity contribution in [3.63, 3.8) is 0 Å². The largest absolute Gasteiger partial charge is 0.299 e. The number of carbonyl (C=O) groups excluding carboxylic acids is 1. The van der Waals surface area contributed by atoms with Crippen molar-refractivity contribution in [3.05, 3.63) is 58.7 Å². The molecule has 0 N–H and O–H groups in total. The van der Waals surface area contributed by atoms with Gasteiger partial charge in [0.2, 0.25) is 0 Å². The smallest absolute Gasteiger partial charge is 0.143 e. The first-order chi connectivity index (χ1) is 11.1. The van der Waals surface area contributed by atoms with E-state index in [1.165, 1.54) is 23.6 Å². The van der Waals surface area contributed by atoms with Gasteiger partial charge in [-0.15, -0.1) is 0 Å². The van der Waals surface area contributed by atoms with Gasteiger partial charge in [0.05, 0.1) is 0 Å². The Morgan fingerprint density at radius 3 is 2.62 bits per heavy atom. The van der Waals surface area contributed by atoms with Gasteiger partial charge in [0, 0.05) is 4.11 Å². The first-order valence-electron chi connectivity index (χ1n) is 8.97. The van der Waals surface area contributed by atoms with Crippen LogP contribution in [0.4, 0.5) is 0 Å². The van der Waals surface area contributed by atoms with Crippen molar-refractivity contribution in [1.82, 2.24) is 0 Å². The van der Waals surface area contributed by atoms with Crippen molar-refractivity contribution < 1.29 is 8.91 Å². The van der Waals surface area contributed by atoms with Gasteiger partial charge in [-0.25, -0.2) is 0 Å². The molecule has 0 spiro atoms. The molecule has 1 aliphatic carbocycles. The third-order valence-corrected chi connectivity index (χ3v) is 3.94. The van der Waals surface area contributed by atoms with Crippen LogP contribution in [0.5, 0.6) is 0 Å². The van der Waals surface area contributed by atoms with Crippen LogP contribution in [0.25, 0.3) is 0 Å². The summed E-state index contributed by atoms with van der Waals surface area (Å²) < 4.78 is 23.1. The van der Waals surface area contributed by atoms with Gasteiger partial charge in [0.1, 0.15) is 6.29 Å². The molecule has 114 valence electrons.